The SMILES string of the molecule is CCNc1cc(NCC(C)C)nc(N)n1. The summed E-state index contributed by atoms with van der Waals surface area (Å²) in [7, 11) is 0. The first-order valence-corrected chi connectivity index (χ1v) is 5.24. The molecule has 0 radical (unpaired) electrons. The van der Waals surface area contributed by atoms with Gasteiger partial charge in [0.25, 0.3) is 0 Å². The molecule has 0 spiro atoms. The second-order valence-electron chi connectivity index (χ2n) is 3.80. The molecule has 0 aliphatic rings. The lowest BCUT2D eigenvalue weighted by Crippen LogP contribution is -2.11. The molecular formula is C10H19N5. The highest BCUT2D eigenvalue weighted by Crippen LogP contribution is 2.12. The van der Waals surface area contributed by atoms with Crippen LogP contribution in [-0.2, 0) is 0 Å². The summed E-state index contributed by atoms with van der Waals surface area (Å²) in [5.41, 5.74) is 5.59. The van der Waals surface area contributed by atoms with Crippen molar-refractivity contribution in [1.82, 2.24) is 9.97 Å². The molecule has 0 aliphatic heterocycles. The first-order valence-electron chi connectivity index (χ1n) is 5.24. The minimum Gasteiger partial charge on any atom is -0.370 e. The maximum Gasteiger partial charge on any atom is 0.223 e. The Labute approximate surface area is 90.5 Å². The van der Waals surface area contributed by atoms with Crippen LogP contribution in [0.5, 0.6) is 0 Å². The zero-order valence-corrected chi connectivity index (χ0v) is 9.54. The minimum absolute atomic E-state index is 0.291. The molecule has 4 N–H and O–H groups in total. The molecule has 5 nitrogen and oxygen atoms in total. The van der Waals surface area contributed by atoms with Crippen LogP contribution in [0.15, 0.2) is 6.07 Å². The number of nitrogen functional groups attached to an aromatic ring is 1. The van der Waals surface area contributed by atoms with Crippen LogP contribution in [0.1, 0.15) is 20.8 Å². The fraction of sp³-hybridized carbons (Fsp3) is 0.600. The van der Waals surface area contributed by atoms with E-state index in [1.54, 1.807) is 0 Å². The molecule has 15 heavy (non-hydrogen) atoms. The Kier molecular flexibility index (Phi) is 4.15. The van der Waals surface area contributed by atoms with E-state index in [2.05, 4.69) is 34.4 Å². The van der Waals surface area contributed by atoms with Gasteiger partial charge in [-0.25, -0.2) is 0 Å². The van der Waals surface area contributed by atoms with E-state index in [1.165, 1.54) is 0 Å². The number of rotatable bonds is 5. The summed E-state index contributed by atoms with van der Waals surface area (Å²) in [6, 6.07) is 1.86. The van der Waals surface area contributed by atoms with Gasteiger partial charge in [-0.1, -0.05) is 13.8 Å². The van der Waals surface area contributed by atoms with Crippen LogP contribution in [0.3, 0.4) is 0 Å². The molecule has 84 valence electrons. The zero-order valence-electron chi connectivity index (χ0n) is 9.54. The van der Waals surface area contributed by atoms with Crippen molar-refractivity contribution in [2.75, 3.05) is 29.5 Å². The van der Waals surface area contributed by atoms with E-state index in [1.807, 2.05) is 13.0 Å². The Morgan fingerprint density at radius 1 is 1.27 bits per heavy atom. The highest BCUT2D eigenvalue weighted by atomic mass is 15.1. The molecule has 0 bridgehead atoms. The van der Waals surface area contributed by atoms with Crippen molar-refractivity contribution in [3.05, 3.63) is 6.07 Å². The standard InChI is InChI=1S/C10H19N5/c1-4-12-8-5-9(13-6-7(2)3)15-10(11)14-8/h5,7H,4,6H2,1-3H3,(H4,11,12,13,14,15). The number of nitrogens with one attached hydrogen (secondary N) is 2. The van der Waals surface area contributed by atoms with Crippen LogP contribution in [0, 0.1) is 5.92 Å². The fourth-order valence-electron chi connectivity index (χ4n) is 1.14. The first-order chi connectivity index (χ1) is 7.11. The molecule has 1 aromatic heterocycles. The lowest BCUT2D eigenvalue weighted by atomic mass is 10.2. The Morgan fingerprint density at radius 2 is 1.87 bits per heavy atom. The number of hydrogen-bond acceptors (Lipinski definition) is 5. The summed E-state index contributed by atoms with van der Waals surface area (Å²) in [5, 5.41) is 6.32. The van der Waals surface area contributed by atoms with Crippen molar-refractivity contribution in [3.63, 3.8) is 0 Å². The van der Waals surface area contributed by atoms with Gasteiger partial charge in [0, 0.05) is 19.2 Å². The van der Waals surface area contributed by atoms with Crippen LogP contribution in [0.2, 0.25) is 0 Å². The third kappa shape index (κ3) is 4.01. The first kappa shape index (κ1) is 11.6. The second kappa shape index (κ2) is 5.38. The molecule has 0 aromatic carbocycles. The molecule has 1 rings (SSSR count). The number of nitrogens with zero attached hydrogens (tertiary/aromatic N) is 2. The van der Waals surface area contributed by atoms with E-state index < -0.39 is 0 Å². The molecule has 0 aliphatic carbocycles. The van der Waals surface area contributed by atoms with Crippen LogP contribution >= 0.6 is 0 Å². The second-order valence-corrected chi connectivity index (χ2v) is 3.80. The molecule has 5 heteroatoms. The topological polar surface area (TPSA) is 75.9 Å². The number of hydrogen-bond donors (Lipinski definition) is 3. The summed E-state index contributed by atoms with van der Waals surface area (Å²) in [4.78, 5) is 8.17. The summed E-state index contributed by atoms with van der Waals surface area (Å²) < 4.78 is 0. The quantitative estimate of drug-likeness (QED) is 0.686. The van der Waals surface area contributed by atoms with Crippen molar-refractivity contribution in [2.24, 2.45) is 5.92 Å². The molecule has 0 unspecified atom stereocenters. The van der Waals surface area contributed by atoms with Gasteiger partial charge in [0.1, 0.15) is 11.6 Å². The molecule has 0 amide bonds. The van der Waals surface area contributed by atoms with E-state index in [4.69, 9.17) is 5.73 Å². The van der Waals surface area contributed by atoms with Crippen LogP contribution in [-0.4, -0.2) is 23.1 Å². The molecule has 1 heterocycles. The smallest absolute Gasteiger partial charge is 0.223 e. The third-order valence-electron chi connectivity index (χ3n) is 1.79. The highest BCUT2D eigenvalue weighted by Gasteiger charge is 2.01. The van der Waals surface area contributed by atoms with Gasteiger partial charge >= 0.3 is 0 Å². The molecule has 0 saturated carbocycles. The Hall–Kier alpha value is -1.52. The van der Waals surface area contributed by atoms with Crippen LogP contribution in [0.25, 0.3) is 0 Å². The Balaban J connectivity index is 2.70. The average molecular weight is 209 g/mol. The molecule has 0 saturated heterocycles. The van der Waals surface area contributed by atoms with Crippen LogP contribution < -0.4 is 16.4 Å². The van der Waals surface area contributed by atoms with Gasteiger partial charge in [0.15, 0.2) is 0 Å². The van der Waals surface area contributed by atoms with Gasteiger partial charge < -0.3 is 16.4 Å². The van der Waals surface area contributed by atoms with E-state index in [9.17, 15) is 0 Å². The van der Waals surface area contributed by atoms with Gasteiger partial charge in [0.05, 0.1) is 0 Å². The van der Waals surface area contributed by atoms with Gasteiger partial charge in [-0.2, -0.15) is 9.97 Å². The predicted octanol–water partition coefficient (Wildman–Crippen LogP) is 1.56. The largest absolute Gasteiger partial charge is 0.370 e. The van der Waals surface area contributed by atoms with Gasteiger partial charge in [0.2, 0.25) is 5.95 Å². The predicted molar refractivity (Wildman–Crippen MR) is 63.9 cm³/mol. The van der Waals surface area contributed by atoms with E-state index >= 15 is 0 Å². The molecule has 0 atom stereocenters. The lowest BCUT2D eigenvalue weighted by molar-refractivity contribution is 0.687. The van der Waals surface area contributed by atoms with Crippen molar-refractivity contribution < 1.29 is 0 Å². The minimum atomic E-state index is 0.291. The maximum atomic E-state index is 5.59. The van der Waals surface area contributed by atoms with Crippen molar-refractivity contribution in [2.45, 2.75) is 20.8 Å². The van der Waals surface area contributed by atoms with Gasteiger partial charge in [-0.3, -0.25) is 0 Å². The lowest BCUT2D eigenvalue weighted by Gasteiger charge is -2.10. The monoisotopic (exact) mass is 209 g/mol. The summed E-state index contributed by atoms with van der Waals surface area (Å²) in [5.74, 6) is 2.40. The zero-order chi connectivity index (χ0) is 11.3. The van der Waals surface area contributed by atoms with E-state index in [-0.39, 0.29) is 0 Å². The van der Waals surface area contributed by atoms with E-state index in [0.29, 0.717) is 11.9 Å². The summed E-state index contributed by atoms with van der Waals surface area (Å²) in [6.07, 6.45) is 0. The molecule has 1 aromatic rings. The van der Waals surface area contributed by atoms with Crippen molar-refractivity contribution >= 4 is 17.6 Å². The van der Waals surface area contributed by atoms with Crippen LogP contribution in [0.4, 0.5) is 17.6 Å². The Morgan fingerprint density at radius 3 is 2.40 bits per heavy atom. The fourth-order valence-corrected chi connectivity index (χ4v) is 1.14. The number of aromatic nitrogens is 2. The normalized spacial score (nSPS) is 10.4. The molecular weight excluding hydrogens is 190 g/mol. The average Bonchev–Trinajstić information content (AvgIpc) is 2.14. The van der Waals surface area contributed by atoms with Crippen molar-refractivity contribution in [1.29, 1.82) is 0 Å². The number of anilines is 3. The van der Waals surface area contributed by atoms with Gasteiger partial charge in [-0.15, -0.1) is 0 Å². The summed E-state index contributed by atoms with van der Waals surface area (Å²) >= 11 is 0. The highest BCUT2D eigenvalue weighted by molar-refractivity contribution is 5.50. The van der Waals surface area contributed by atoms with Gasteiger partial charge in [-0.05, 0) is 12.8 Å². The third-order valence-corrected chi connectivity index (χ3v) is 1.79. The van der Waals surface area contributed by atoms with Crippen molar-refractivity contribution in [3.8, 4) is 0 Å². The Bertz CT molecular complexity index is 311. The maximum absolute atomic E-state index is 5.59. The molecule has 0 fully saturated rings. The summed E-state index contributed by atoms with van der Waals surface area (Å²) in [6.45, 7) is 7.99. The van der Waals surface area contributed by atoms with E-state index in [0.717, 1.165) is 24.7 Å². The number of nitrogens with two attached hydrogens (primary N) is 1.